The number of ether oxygens (including phenoxy) is 1. The number of carbonyl (C=O) groups excluding carboxylic acids is 3. The number of benzene rings is 4. The zero-order valence-electron chi connectivity index (χ0n) is 24.7. The monoisotopic (exact) mass is 618 g/mol. The van der Waals surface area contributed by atoms with Gasteiger partial charge in [-0.15, -0.1) is 10.2 Å². The molecule has 230 valence electrons. The largest absolute Gasteiger partial charge is 0.496 e. The number of aryl methyl sites for hydroxylation is 1. The van der Waals surface area contributed by atoms with E-state index in [4.69, 9.17) is 4.74 Å². The first-order valence-corrected chi connectivity index (χ1v) is 14.2. The van der Waals surface area contributed by atoms with Gasteiger partial charge in [-0.25, -0.2) is 14.2 Å². The van der Waals surface area contributed by atoms with Crippen LogP contribution in [0.25, 0.3) is 11.4 Å². The molecule has 1 unspecified atom stereocenters. The lowest BCUT2D eigenvalue weighted by atomic mass is 9.97. The van der Waals surface area contributed by atoms with E-state index in [1.807, 2.05) is 0 Å². The molecular formula is C33H27FN8O4. The van der Waals surface area contributed by atoms with E-state index in [1.165, 1.54) is 18.1 Å². The van der Waals surface area contributed by atoms with Crippen molar-refractivity contribution in [2.45, 2.75) is 13.1 Å². The summed E-state index contributed by atoms with van der Waals surface area (Å²) in [6.45, 7) is 1.38. The molecule has 1 aromatic heterocycles. The van der Waals surface area contributed by atoms with Crippen LogP contribution in [0.5, 0.6) is 5.75 Å². The fraction of sp³-hybridized carbons (Fsp3) is 0.121. The third kappa shape index (κ3) is 5.93. The van der Waals surface area contributed by atoms with Crippen LogP contribution in [-0.2, 0) is 4.79 Å². The molecule has 0 spiro atoms. The molecule has 0 saturated heterocycles. The molecular weight excluding hydrogens is 591 g/mol. The first-order valence-electron chi connectivity index (χ1n) is 14.2. The summed E-state index contributed by atoms with van der Waals surface area (Å²) in [6.07, 6.45) is -1.53. The number of nitrogens with one attached hydrogen (secondary N) is 3. The predicted octanol–water partition coefficient (Wildman–Crippen LogP) is 4.54. The highest BCUT2D eigenvalue weighted by Crippen LogP contribution is 2.33. The number of hydrogen-bond donors (Lipinski definition) is 3. The van der Waals surface area contributed by atoms with Crippen LogP contribution < -0.4 is 20.3 Å². The van der Waals surface area contributed by atoms with Gasteiger partial charge in [-0.2, -0.15) is 5.21 Å². The average Bonchev–Trinajstić information content (AvgIpc) is 3.58. The summed E-state index contributed by atoms with van der Waals surface area (Å²) < 4.78 is 20.7. The maximum Gasteiger partial charge on any atom is 0.321 e. The van der Waals surface area contributed by atoms with Gasteiger partial charge in [0.25, 0.3) is 5.91 Å². The number of H-pyrrole nitrogens is 1. The molecule has 6 rings (SSSR count). The van der Waals surface area contributed by atoms with Gasteiger partial charge in [-0.3, -0.25) is 9.59 Å². The molecule has 0 aliphatic carbocycles. The van der Waals surface area contributed by atoms with Gasteiger partial charge in [0.05, 0.1) is 30.6 Å². The van der Waals surface area contributed by atoms with Crippen molar-refractivity contribution in [3.63, 3.8) is 0 Å². The number of tetrazole rings is 1. The number of Topliss-reactive ketones (excluding diaryl/α,β-unsaturated/α-hetero) is 1. The third-order valence-corrected chi connectivity index (χ3v) is 7.35. The maximum atomic E-state index is 15.3. The third-order valence-electron chi connectivity index (χ3n) is 7.35. The Morgan fingerprint density at radius 2 is 1.74 bits per heavy atom. The van der Waals surface area contributed by atoms with Crippen molar-refractivity contribution in [3.05, 3.63) is 119 Å². The predicted molar refractivity (Wildman–Crippen MR) is 168 cm³/mol. The van der Waals surface area contributed by atoms with Crippen LogP contribution in [0.15, 0.2) is 96.0 Å². The summed E-state index contributed by atoms with van der Waals surface area (Å²) in [5.74, 6) is -0.997. The number of anilines is 2. The summed E-state index contributed by atoms with van der Waals surface area (Å²) in [5.41, 5.74) is 2.94. The second-order valence-corrected chi connectivity index (χ2v) is 10.3. The van der Waals surface area contributed by atoms with Crippen LogP contribution >= 0.6 is 0 Å². The molecule has 3 amide bonds. The topological polar surface area (TPSA) is 155 Å². The minimum Gasteiger partial charge on any atom is -0.496 e. The lowest BCUT2D eigenvalue weighted by molar-refractivity contribution is -0.120. The Balaban J connectivity index is 1.39. The number of carbonyl (C=O) groups is 3. The lowest BCUT2D eigenvalue weighted by Crippen LogP contribution is -2.50. The highest BCUT2D eigenvalue weighted by molar-refractivity contribution is 6.22. The molecule has 2 heterocycles. The fourth-order valence-electron chi connectivity index (χ4n) is 5.25. The number of rotatable bonds is 8. The number of halogens is 1. The lowest BCUT2D eigenvalue weighted by Gasteiger charge is -2.26. The van der Waals surface area contributed by atoms with Gasteiger partial charge in [0, 0.05) is 22.4 Å². The van der Waals surface area contributed by atoms with E-state index in [1.54, 1.807) is 91.9 Å². The molecule has 0 bridgehead atoms. The molecule has 3 N–H and O–H groups in total. The standard InChI is InChI=1S/C33H27FN8O4/c1-19-9-7-14-24-28(22-12-3-5-15-25(22)34)36-31(37-33(45)35-21-11-8-10-20(17-21)30-38-40-41-39-30)32(44)42(29(19)24)18-26(43)23-13-4-6-16-27(23)46-2/h3-17,31H,18H2,1-2H3,(H2,35,37,45)(H,38,39,40,41). The molecule has 1 aliphatic heterocycles. The summed E-state index contributed by atoms with van der Waals surface area (Å²) in [5, 5.41) is 19.1. The number of nitrogens with zero attached hydrogens (tertiary/aromatic N) is 5. The van der Waals surface area contributed by atoms with Gasteiger partial charge < -0.3 is 20.3 Å². The van der Waals surface area contributed by atoms with Gasteiger partial charge in [-0.05, 0) is 54.1 Å². The molecule has 0 radical (unpaired) electrons. The van der Waals surface area contributed by atoms with Crippen molar-refractivity contribution >= 4 is 34.8 Å². The van der Waals surface area contributed by atoms with Gasteiger partial charge in [-0.1, -0.05) is 54.6 Å². The molecule has 0 saturated carbocycles. The van der Waals surface area contributed by atoms with Crippen molar-refractivity contribution in [2.75, 3.05) is 23.9 Å². The molecule has 12 nitrogen and oxygen atoms in total. The SMILES string of the molecule is COc1ccccc1C(=O)CN1C(=O)C(NC(=O)Nc2cccc(-c3nn[nH]n3)c2)N=C(c2ccccc2F)c2cccc(C)c21. The summed E-state index contributed by atoms with van der Waals surface area (Å²) >= 11 is 0. The van der Waals surface area contributed by atoms with Crippen molar-refractivity contribution < 1.29 is 23.5 Å². The van der Waals surface area contributed by atoms with Crippen LogP contribution in [0.3, 0.4) is 0 Å². The zero-order valence-corrected chi connectivity index (χ0v) is 24.7. The zero-order chi connectivity index (χ0) is 32.2. The number of methoxy groups -OCH3 is 1. The number of para-hydroxylation sites is 2. The number of aliphatic imine (C=N–C) groups is 1. The number of aromatic nitrogens is 4. The van der Waals surface area contributed by atoms with Gasteiger partial charge >= 0.3 is 6.03 Å². The van der Waals surface area contributed by atoms with Crippen molar-refractivity contribution in [1.29, 1.82) is 0 Å². The van der Waals surface area contributed by atoms with Crippen LogP contribution in [0.2, 0.25) is 0 Å². The molecule has 46 heavy (non-hydrogen) atoms. The highest BCUT2D eigenvalue weighted by atomic mass is 19.1. The number of benzodiazepines with no additional fused rings is 1. The van der Waals surface area contributed by atoms with Crippen molar-refractivity contribution in [1.82, 2.24) is 25.9 Å². The van der Waals surface area contributed by atoms with Crippen LogP contribution in [-0.4, -0.2) is 63.9 Å². The summed E-state index contributed by atoms with van der Waals surface area (Å²) in [7, 11) is 1.45. The van der Waals surface area contributed by atoms with Crippen LogP contribution in [0.4, 0.5) is 20.6 Å². The maximum absolute atomic E-state index is 15.3. The Hall–Kier alpha value is -6.24. The first-order chi connectivity index (χ1) is 22.3. The molecule has 1 aliphatic rings. The fourth-order valence-corrected chi connectivity index (χ4v) is 5.25. The van der Waals surface area contributed by atoms with Gasteiger partial charge in [0.2, 0.25) is 12.0 Å². The van der Waals surface area contributed by atoms with Crippen LogP contribution in [0, 0.1) is 12.7 Å². The smallest absolute Gasteiger partial charge is 0.321 e. The number of fused-ring (bicyclic) bond motifs is 1. The van der Waals surface area contributed by atoms with E-state index in [0.29, 0.717) is 39.6 Å². The van der Waals surface area contributed by atoms with E-state index in [-0.39, 0.29) is 16.8 Å². The number of amides is 3. The number of urea groups is 1. The van der Waals surface area contributed by atoms with E-state index in [9.17, 15) is 14.4 Å². The molecule has 0 fully saturated rings. The Kier molecular flexibility index (Phi) is 8.28. The average molecular weight is 619 g/mol. The Morgan fingerprint density at radius 3 is 2.52 bits per heavy atom. The minimum absolute atomic E-state index is 0.125. The molecule has 1 atom stereocenters. The number of aromatic amines is 1. The van der Waals surface area contributed by atoms with Crippen LogP contribution in [0.1, 0.15) is 27.0 Å². The molecule has 4 aromatic carbocycles. The number of ketones is 1. The van der Waals surface area contributed by atoms with E-state index < -0.39 is 36.2 Å². The molecule has 13 heteroatoms. The Labute approximate surface area is 262 Å². The summed E-state index contributed by atoms with van der Waals surface area (Å²) in [6, 6.07) is 23.9. The Morgan fingerprint density at radius 1 is 0.978 bits per heavy atom. The highest BCUT2D eigenvalue weighted by Gasteiger charge is 2.36. The summed E-state index contributed by atoms with van der Waals surface area (Å²) in [4.78, 5) is 47.2. The molecule has 5 aromatic rings. The van der Waals surface area contributed by atoms with Crippen molar-refractivity contribution in [2.24, 2.45) is 4.99 Å². The Bertz CT molecular complexity index is 1980. The van der Waals surface area contributed by atoms with E-state index in [2.05, 4.69) is 36.3 Å². The first kappa shape index (κ1) is 29.8. The van der Waals surface area contributed by atoms with Crippen molar-refractivity contribution in [3.8, 4) is 17.1 Å². The normalized spacial score (nSPS) is 14.2. The number of hydrogen-bond acceptors (Lipinski definition) is 8. The van der Waals surface area contributed by atoms with Gasteiger partial charge in [0.1, 0.15) is 11.6 Å². The minimum atomic E-state index is -1.53. The van der Waals surface area contributed by atoms with E-state index >= 15 is 4.39 Å². The quantitative estimate of drug-likeness (QED) is 0.216. The second kappa shape index (κ2) is 12.8. The second-order valence-electron chi connectivity index (χ2n) is 10.3. The van der Waals surface area contributed by atoms with E-state index in [0.717, 1.165) is 0 Å². The van der Waals surface area contributed by atoms with Gasteiger partial charge in [0.15, 0.2) is 5.78 Å².